The van der Waals surface area contributed by atoms with Crippen molar-refractivity contribution in [1.82, 2.24) is 0 Å². The molecule has 2 aliphatic heterocycles. The van der Waals surface area contributed by atoms with Gasteiger partial charge in [-0.2, -0.15) is 4.99 Å². The summed E-state index contributed by atoms with van der Waals surface area (Å²) >= 11 is 0. The van der Waals surface area contributed by atoms with Gasteiger partial charge in [-0.3, -0.25) is 0 Å². The molecule has 1 fully saturated rings. The minimum atomic E-state index is -0.125. The van der Waals surface area contributed by atoms with Crippen LogP contribution in [0.2, 0.25) is 0 Å². The van der Waals surface area contributed by atoms with Gasteiger partial charge < -0.3 is 15.2 Å². The highest BCUT2D eigenvalue weighted by molar-refractivity contribution is 5.73. The molecule has 2 N–H and O–H groups in total. The lowest BCUT2D eigenvalue weighted by atomic mass is 10.1. The number of nitrogens with zero attached hydrogens (tertiary/aromatic N) is 1. The van der Waals surface area contributed by atoms with Crippen molar-refractivity contribution >= 4 is 6.02 Å². The molecule has 4 heteroatoms. The van der Waals surface area contributed by atoms with Gasteiger partial charge in [0.25, 0.3) is 6.02 Å². The molecule has 0 bridgehead atoms. The van der Waals surface area contributed by atoms with Crippen LogP contribution in [0.4, 0.5) is 0 Å². The molecule has 2 rings (SSSR count). The lowest BCUT2D eigenvalue weighted by Crippen LogP contribution is -2.19. The summed E-state index contributed by atoms with van der Waals surface area (Å²) in [5, 5.41) is 0. The quantitative estimate of drug-likeness (QED) is 0.591. The van der Waals surface area contributed by atoms with Crippen molar-refractivity contribution in [3.63, 3.8) is 0 Å². The van der Waals surface area contributed by atoms with E-state index in [0.29, 0.717) is 6.10 Å². The fourth-order valence-corrected chi connectivity index (χ4v) is 1.51. The van der Waals surface area contributed by atoms with Crippen LogP contribution in [0, 0.1) is 0 Å². The van der Waals surface area contributed by atoms with E-state index in [1.165, 1.54) is 0 Å². The molecular weight excluding hydrogens is 144 g/mol. The molecule has 0 aliphatic carbocycles. The van der Waals surface area contributed by atoms with Crippen LogP contribution in [0.1, 0.15) is 19.8 Å². The maximum absolute atomic E-state index is 5.51. The first kappa shape index (κ1) is 6.91. The van der Waals surface area contributed by atoms with Gasteiger partial charge in [0, 0.05) is 6.42 Å². The van der Waals surface area contributed by atoms with Gasteiger partial charge in [-0.05, 0) is 6.42 Å². The molecule has 0 spiro atoms. The normalized spacial score (nSPS) is 41.5. The van der Waals surface area contributed by atoms with Gasteiger partial charge in [-0.1, -0.05) is 6.92 Å². The number of ether oxygens (including phenoxy) is 2. The second-order valence-electron chi connectivity index (χ2n) is 2.92. The average molecular weight is 156 g/mol. The van der Waals surface area contributed by atoms with E-state index in [4.69, 9.17) is 15.2 Å². The van der Waals surface area contributed by atoms with Gasteiger partial charge in [-0.25, -0.2) is 0 Å². The Morgan fingerprint density at radius 2 is 2.55 bits per heavy atom. The third-order valence-corrected chi connectivity index (χ3v) is 2.13. The maximum atomic E-state index is 5.51. The highest BCUT2D eigenvalue weighted by atomic mass is 16.6. The Balaban J connectivity index is 2.01. The summed E-state index contributed by atoms with van der Waals surface area (Å²) < 4.78 is 10.7. The van der Waals surface area contributed by atoms with Crippen LogP contribution in [0.5, 0.6) is 0 Å². The molecule has 4 nitrogen and oxygen atoms in total. The number of hydrogen-bond acceptors (Lipinski definition) is 4. The van der Waals surface area contributed by atoms with Crippen LogP contribution >= 0.6 is 0 Å². The zero-order valence-electron chi connectivity index (χ0n) is 6.49. The van der Waals surface area contributed by atoms with Gasteiger partial charge >= 0.3 is 0 Å². The molecular formula is C7H12N2O2. The molecule has 0 aromatic heterocycles. The summed E-state index contributed by atoms with van der Waals surface area (Å²) in [5.74, 6) is 0. The zero-order valence-corrected chi connectivity index (χ0v) is 6.49. The highest BCUT2D eigenvalue weighted by Gasteiger charge is 2.40. The van der Waals surface area contributed by atoms with Crippen molar-refractivity contribution in [2.75, 3.05) is 0 Å². The third-order valence-electron chi connectivity index (χ3n) is 2.13. The molecule has 11 heavy (non-hydrogen) atoms. The summed E-state index contributed by atoms with van der Waals surface area (Å²) in [6.07, 6.45) is 2.21. The van der Waals surface area contributed by atoms with Gasteiger partial charge in [0.05, 0.1) is 6.10 Å². The number of nitrogens with two attached hydrogens (primary N) is 1. The lowest BCUT2D eigenvalue weighted by molar-refractivity contribution is 0.0343. The van der Waals surface area contributed by atoms with Crippen LogP contribution in [0.15, 0.2) is 4.99 Å². The summed E-state index contributed by atoms with van der Waals surface area (Å²) in [4.78, 5) is 4.00. The summed E-state index contributed by atoms with van der Waals surface area (Å²) in [7, 11) is 0. The van der Waals surface area contributed by atoms with E-state index >= 15 is 0 Å². The van der Waals surface area contributed by atoms with E-state index in [-0.39, 0.29) is 18.4 Å². The van der Waals surface area contributed by atoms with Crippen LogP contribution < -0.4 is 5.73 Å². The number of amidine groups is 1. The molecule has 0 aromatic carbocycles. The molecule has 62 valence electrons. The number of aliphatic imine (C=N–C) groups is 1. The zero-order chi connectivity index (χ0) is 7.84. The molecule has 0 aromatic rings. The first-order chi connectivity index (χ1) is 5.29. The van der Waals surface area contributed by atoms with E-state index in [1.807, 2.05) is 0 Å². The minimum absolute atomic E-state index is 0.0833. The minimum Gasteiger partial charge on any atom is -0.457 e. The van der Waals surface area contributed by atoms with Crippen molar-refractivity contribution in [1.29, 1.82) is 0 Å². The number of rotatable bonds is 1. The summed E-state index contributed by atoms with van der Waals surface area (Å²) in [6.45, 7) is 2.10. The van der Waals surface area contributed by atoms with Crippen LogP contribution in [-0.2, 0) is 9.47 Å². The number of hydrogen-bond donors (Lipinski definition) is 1. The Kier molecular flexibility index (Phi) is 1.49. The van der Waals surface area contributed by atoms with E-state index in [2.05, 4.69) is 11.9 Å². The van der Waals surface area contributed by atoms with Gasteiger partial charge in [0.1, 0.15) is 0 Å². The predicted octanol–water partition coefficient (Wildman–Crippen LogP) is 0.225. The largest absolute Gasteiger partial charge is 0.457 e. The standard InChI is InChI=1S/C7H12N2O2/c1-2-4-3-5-6(10-4)9-7(8)11-5/h4-6H,2-3H2,1H3,(H2,8,9). The lowest BCUT2D eigenvalue weighted by Gasteiger charge is -2.05. The molecule has 3 unspecified atom stereocenters. The van der Waals surface area contributed by atoms with Crippen molar-refractivity contribution < 1.29 is 9.47 Å². The first-order valence-corrected chi connectivity index (χ1v) is 3.95. The Bertz CT molecular complexity index is 193. The van der Waals surface area contributed by atoms with E-state index in [0.717, 1.165) is 12.8 Å². The van der Waals surface area contributed by atoms with Gasteiger partial charge in [-0.15, -0.1) is 0 Å². The Hall–Kier alpha value is -0.770. The van der Waals surface area contributed by atoms with Gasteiger partial charge in [0.2, 0.25) is 0 Å². The molecule has 0 radical (unpaired) electrons. The first-order valence-electron chi connectivity index (χ1n) is 3.95. The fourth-order valence-electron chi connectivity index (χ4n) is 1.51. The SMILES string of the molecule is CCC1CC2OC(N)=NC2O1. The summed E-state index contributed by atoms with van der Waals surface area (Å²) in [6, 6.07) is 0.273. The second kappa shape index (κ2) is 2.37. The van der Waals surface area contributed by atoms with E-state index in [1.54, 1.807) is 0 Å². The molecule has 1 saturated heterocycles. The average Bonchev–Trinajstić information content (AvgIpc) is 2.43. The van der Waals surface area contributed by atoms with Crippen LogP contribution in [0.25, 0.3) is 0 Å². The molecule has 2 aliphatic rings. The second-order valence-corrected chi connectivity index (χ2v) is 2.92. The van der Waals surface area contributed by atoms with E-state index < -0.39 is 0 Å². The van der Waals surface area contributed by atoms with Crippen molar-refractivity contribution in [3.05, 3.63) is 0 Å². The third kappa shape index (κ3) is 1.07. The monoisotopic (exact) mass is 156 g/mol. The van der Waals surface area contributed by atoms with Gasteiger partial charge in [0.15, 0.2) is 12.3 Å². The van der Waals surface area contributed by atoms with Crippen LogP contribution in [-0.4, -0.2) is 24.5 Å². The smallest absolute Gasteiger partial charge is 0.285 e. The van der Waals surface area contributed by atoms with Crippen molar-refractivity contribution in [2.45, 2.75) is 38.2 Å². The van der Waals surface area contributed by atoms with Crippen LogP contribution in [0.3, 0.4) is 0 Å². The fraction of sp³-hybridized carbons (Fsp3) is 0.857. The molecule has 0 saturated carbocycles. The summed E-state index contributed by atoms with van der Waals surface area (Å²) in [5.41, 5.74) is 5.36. The Morgan fingerprint density at radius 1 is 1.73 bits per heavy atom. The highest BCUT2D eigenvalue weighted by Crippen LogP contribution is 2.29. The van der Waals surface area contributed by atoms with Crippen molar-refractivity contribution in [2.24, 2.45) is 10.7 Å². The topological polar surface area (TPSA) is 56.8 Å². The molecule has 2 heterocycles. The molecule has 3 atom stereocenters. The molecule has 0 amide bonds. The maximum Gasteiger partial charge on any atom is 0.285 e. The Morgan fingerprint density at radius 3 is 3.18 bits per heavy atom. The number of fused-ring (bicyclic) bond motifs is 1. The van der Waals surface area contributed by atoms with Crippen molar-refractivity contribution in [3.8, 4) is 0 Å². The predicted molar refractivity (Wildman–Crippen MR) is 40.1 cm³/mol. The Labute approximate surface area is 65.4 Å². The van der Waals surface area contributed by atoms with E-state index in [9.17, 15) is 0 Å².